The van der Waals surface area contributed by atoms with Gasteiger partial charge in [-0.2, -0.15) is 5.26 Å². The highest BCUT2D eigenvalue weighted by Crippen LogP contribution is 2.17. The largest absolute Gasteiger partial charge is 0.451 e. The molecule has 0 heterocycles. The average molecular weight is 384 g/mol. The molecular weight excluding hydrogens is 366 g/mol. The van der Waals surface area contributed by atoms with E-state index in [9.17, 15) is 18.4 Å². The van der Waals surface area contributed by atoms with Crippen LogP contribution in [0.15, 0.2) is 48.0 Å². The summed E-state index contributed by atoms with van der Waals surface area (Å²) in [5, 5.41) is 11.4. The van der Waals surface area contributed by atoms with E-state index in [4.69, 9.17) is 10.00 Å². The molecule has 1 amide bonds. The van der Waals surface area contributed by atoms with Crippen LogP contribution in [0, 0.1) is 23.0 Å². The molecule has 0 atom stereocenters. The van der Waals surface area contributed by atoms with E-state index in [1.807, 2.05) is 26.0 Å². The molecule has 5 nitrogen and oxygen atoms in total. The first-order chi connectivity index (χ1) is 13.3. The average Bonchev–Trinajstić information content (AvgIpc) is 2.67. The van der Waals surface area contributed by atoms with E-state index in [1.165, 1.54) is 12.1 Å². The maximum atomic E-state index is 13.1. The lowest BCUT2D eigenvalue weighted by Gasteiger charge is -2.07. The summed E-state index contributed by atoms with van der Waals surface area (Å²) in [4.78, 5) is 23.8. The third kappa shape index (κ3) is 5.74. The number of halogens is 2. The van der Waals surface area contributed by atoms with Gasteiger partial charge in [0.2, 0.25) is 0 Å². The minimum atomic E-state index is -1.12. The van der Waals surface area contributed by atoms with Gasteiger partial charge < -0.3 is 10.1 Å². The monoisotopic (exact) mass is 384 g/mol. The van der Waals surface area contributed by atoms with Gasteiger partial charge in [-0.1, -0.05) is 38.1 Å². The number of nitriles is 1. The van der Waals surface area contributed by atoms with Crippen molar-refractivity contribution in [2.75, 3.05) is 11.9 Å². The Morgan fingerprint density at radius 1 is 1.14 bits per heavy atom. The zero-order valence-electron chi connectivity index (χ0n) is 15.3. The molecule has 0 aliphatic heterocycles. The first kappa shape index (κ1) is 20.8. The van der Waals surface area contributed by atoms with Crippen molar-refractivity contribution in [3.05, 3.63) is 70.8 Å². The van der Waals surface area contributed by atoms with Crippen LogP contribution in [0.4, 0.5) is 14.5 Å². The molecule has 0 saturated heterocycles. The number of benzene rings is 2. The quantitative estimate of drug-likeness (QED) is 0.460. The molecule has 7 heteroatoms. The van der Waals surface area contributed by atoms with Gasteiger partial charge in [0.05, 0.1) is 0 Å². The second-order valence-corrected chi connectivity index (χ2v) is 6.24. The van der Waals surface area contributed by atoms with E-state index in [2.05, 4.69) is 5.32 Å². The Morgan fingerprint density at radius 2 is 1.82 bits per heavy atom. The van der Waals surface area contributed by atoms with E-state index < -0.39 is 30.1 Å². The second kappa shape index (κ2) is 9.42. The van der Waals surface area contributed by atoms with Crippen molar-refractivity contribution in [3.63, 3.8) is 0 Å². The van der Waals surface area contributed by atoms with Crippen LogP contribution >= 0.6 is 0 Å². The maximum absolute atomic E-state index is 13.1. The standard InChI is InChI=1S/C21H18F2N2O3/c1-13(2)15-5-3-14(4-6-15)9-16(11-24)21(27)28-12-20(26)25-17-7-8-18(22)19(23)10-17/h3-10,13H,12H2,1-2H3,(H,25,26)/b16-9+. The number of carbonyl (C=O) groups is 2. The molecule has 28 heavy (non-hydrogen) atoms. The number of nitrogens with zero attached hydrogens (tertiary/aromatic N) is 1. The van der Waals surface area contributed by atoms with Crippen molar-refractivity contribution >= 4 is 23.6 Å². The van der Waals surface area contributed by atoms with Gasteiger partial charge in [-0.25, -0.2) is 13.6 Å². The molecule has 0 aliphatic rings. The third-order valence-corrected chi connectivity index (χ3v) is 3.79. The molecule has 1 N–H and O–H groups in total. The summed E-state index contributed by atoms with van der Waals surface area (Å²) in [6, 6.07) is 11.9. The smallest absolute Gasteiger partial charge is 0.349 e. The van der Waals surface area contributed by atoms with E-state index in [0.717, 1.165) is 17.7 Å². The normalized spacial score (nSPS) is 11.1. The van der Waals surface area contributed by atoms with Crippen LogP contribution in [-0.2, 0) is 14.3 Å². The van der Waals surface area contributed by atoms with Gasteiger partial charge in [0.1, 0.15) is 11.6 Å². The Hall–Kier alpha value is -3.53. The Balaban J connectivity index is 1.96. The molecular formula is C21H18F2N2O3. The Bertz CT molecular complexity index is 945. The number of anilines is 1. The number of carbonyl (C=O) groups excluding carboxylic acids is 2. The third-order valence-electron chi connectivity index (χ3n) is 3.79. The number of esters is 1. The lowest BCUT2D eigenvalue weighted by Crippen LogP contribution is -2.21. The Kier molecular flexibility index (Phi) is 6.99. The van der Waals surface area contributed by atoms with Crippen LogP contribution in [0.25, 0.3) is 6.08 Å². The Morgan fingerprint density at radius 3 is 2.39 bits per heavy atom. The first-order valence-corrected chi connectivity index (χ1v) is 8.44. The molecule has 2 aromatic rings. The predicted octanol–water partition coefficient (Wildman–Crippen LogP) is 4.18. The predicted molar refractivity (Wildman–Crippen MR) is 100 cm³/mol. The van der Waals surface area contributed by atoms with Gasteiger partial charge >= 0.3 is 5.97 Å². The summed E-state index contributed by atoms with van der Waals surface area (Å²) in [6.45, 7) is 3.42. The molecule has 0 spiro atoms. The van der Waals surface area contributed by atoms with Gasteiger partial charge in [0.25, 0.3) is 5.91 Å². The summed E-state index contributed by atoms with van der Waals surface area (Å²) in [7, 11) is 0. The lowest BCUT2D eigenvalue weighted by molar-refractivity contribution is -0.142. The minimum absolute atomic E-state index is 0.0150. The zero-order valence-corrected chi connectivity index (χ0v) is 15.3. The van der Waals surface area contributed by atoms with Gasteiger partial charge in [-0.15, -0.1) is 0 Å². The van der Waals surface area contributed by atoms with Crippen LogP contribution < -0.4 is 5.32 Å². The first-order valence-electron chi connectivity index (χ1n) is 8.44. The van der Waals surface area contributed by atoms with E-state index >= 15 is 0 Å². The summed E-state index contributed by atoms with van der Waals surface area (Å²) in [5.41, 5.74) is 1.51. The van der Waals surface area contributed by atoms with Crippen LogP contribution in [0.3, 0.4) is 0 Å². The van der Waals surface area contributed by atoms with E-state index in [-0.39, 0.29) is 11.3 Å². The number of ether oxygens (including phenoxy) is 1. The van der Waals surface area contributed by atoms with Crippen molar-refractivity contribution < 1.29 is 23.1 Å². The molecule has 0 fully saturated rings. The van der Waals surface area contributed by atoms with Gasteiger partial charge in [-0.05, 0) is 35.3 Å². The number of hydrogen-bond acceptors (Lipinski definition) is 4. The van der Waals surface area contributed by atoms with Crippen molar-refractivity contribution in [3.8, 4) is 6.07 Å². The van der Waals surface area contributed by atoms with E-state index in [0.29, 0.717) is 11.5 Å². The van der Waals surface area contributed by atoms with Gasteiger partial charge in [0, 0.05) is 11.8 Å². The number of amides is 1. The zero-order chi connectivity index (χ0) is 20.7. The molecule has 0 aliphatic carbocycles. The number of rotatable bonds is 6. The summed E-state index contributed by atoms with van der Waals surface area (Å²) in [6.07, 6.45) is 1.36. The fourth-order valence-corrected chi connectivity index (χ4v) is 2.26. The van der Waals surface area contributed by atoms with Crippen LogP contribution in [-0.4, -0.2) is 18.5 Å². The van der Waals surface area contributed by atoms with Crippen LogP contribution in [0.5, 0.6) is 0 Å². The topological polar surface area (TPSA) is 79.2 Å². The van der Waals surface area contributed by atoms with Crippen molar-refractivity contribution in [2.24, 2.45) is 0 Å². The van der Waals surface area contributed by atoms with Crippen molar-refractivity contribution in [1.29, 1.82) is 5.26 Å². The molecule has 0 aromatic heterocycles. The fraction of sp³-hybridized carbons (Fsp3) is 0.190. The number of hydrogen-bond donors (Lipinski definition) is 1. The molecule has 0 bridgehead atoms. The van der Waals surface area contributed by atoms with E-state index in [1.54, 1.807) is 18.2 Å². The number of nitrogens with one attached hydrogen (secondary N) is 1. The summed E-state index contributed by atoms with van der Waals surface area (Å²) in [5.74, 6) is -3.53. The van der Waals surface area contributed by atoms with Crippen molar-refractivity contribution in [1.82, 2.24) is 0 Å². The van der Waals surface area contributed by atoms with Crippen LogP contribution in [0.2, 0.25) is 0 Å². The highest BCUT2D eigenvalue weighted by molar-refractivity contribution is 6.00. The SMILES string of the molecule is CC(C)c1ccc(/C=C(\C#N)C(=O)OCC(=O)Nc2ccc(F)c(F)c2)cc1. The van der Waals surface area contributed by atoms with Gasteiger partial charge in [-0.3, -0.25) is 4.79 Å². The molecule has 144 valence electrons. The summed E-state index contributed by atoms with van der Waals surface area (Å²) >= 11 is 0. The molecule has 0 saturated carbocycles. The van der Waals surface area contributed by atoms with Crippen LogP contribution in [0.1, 0.15) is 30.9 Å². The second-order valence-electron chi connectivity index (χ2n) is 6.24. The highest BCUT2D eigenvalue weighted by Gasteiger charge is 2.14. The fourth-order valence-electron chi connectivity index (χ4n) is 2.26. The molecule has 0 radical (unpaired) electrons. The minimum Gasteiger partial charge on any atom is -0.451 e. The van der Waals surface area contributed by atoms with Crippen molar-refractivity contribution in [2.45, 2.75) is 19.8 Å². The van der Waals surface area contributed by atoms with Gasteiger partial charge in [0.15, 0.2) is 18.2 Å². The summed E-state index contributed by atoms with van der Waals surface area (Å²) < 4.78 is 30.8. The molecule has 2 rings (SSSR count). The molecule has 2 aromatic carbocycles. The molecule has 0 unspecified atom stereocenters. The highest BCUT2D eigenvalue weighted by atomic mass is 19.2. The Labute approximate surface area is 161 Å². The lowest BCUT2D eigenvalue weighted by atomic mass is 10.0. The maximum Gasteiger partial charge on any atom is 0.349 e.